The number of rotatable bonds is 3. The minimum Gasteiger partial charge on any atom is -0.426 e. The van der Waals surface area contributed by atoms with Gasteiger partial charge >= 0.3 is 5.97 Å². The van der Waals surface area contributed by atoms with Crippen LogP contribution in [-0.4, -0.2) is 31.5 Å². The van der Waals surface area contributed by atoms with Crippen molar-refractivity contribution in [1.82, 2.24) is 4.90 Å². The van der Waals surface area contributed by atoms with Crippen molar-refractivity contribution in [1.29, 1.82) is 0 Å². The van der Waals surface area contributed by atoms with E-state index >= 15 is 0 Å². The number of carbonyl (C=O) groups excluding carboxylic acids is 1. The van der Waals surface area contributed by atoms with Crippen LogP contribution in [0.4, 0.5) is 0 Å². The fourth-order valence-corrected chi connectivity index (χ4v) is 1.41. The fraction of sp³-hybridized carbons (Fsp3) is 0.417. The molecule has 15 heavy (non-hydrogen) atoms. The van der Waals surface area contributed by atoms with Gasteiger partial charge in [0.1, 0.15) is 5.75 Å². The summed E-state index contributed by atoms with van der Waals surface area (Å²) in [5.74, 6) is 0.393. The molecule has 0 unspecified atom stereocenters. The molecule has 0 radical (unpaired) electrons. The fourth-order valence-electron chi connectivity index (χ4n) is 1.41. The minimum absolute atomic E-state index is 0.231. The third kappa shape index (κ3) is 4.13. The van der Waals surface area contributed by atoms with Crippen LogP contribution in [0.15, 0.2) is 18.2 Å². The first kappa shape index (κ1) is 11.7. The third-order valence-electron chi connectivity index (χ3n) is 1.87. The molecule has 3 heteroatoms. The topological polar surface area (TPSA) is 29.5 Å². The molecule has 0 aromatic heterocycles. The van der Waals surface area contributed by atoms with Crippen molar-refractivity contribution < 1.29 is 9.53 Å². The highest BCUT2D eigenvalue weighted by atomic mass is 16.5. The Morgan fingerprint density at radius 2 is 1.73 bits per heavy atom. The average Bonchev–Trinajstić information content (AvgIpc) is 1.98. The maximum Gasteiger partial charge on any atom is 0.325 e. The minimum atomic E-state index is -0.231. The lowest BCUT2D eigenvalue weighted by molar-refractivity contribution is -0.135. The number of aryl methyl sites for hydroxylation is 2. The monoisotopic (exact) mass is 207 g/mol. The highest BCUT2D eigenvalue weighted by molar-refractivity contribution is 5.74. The van der Waals surface area contributed by atoms with Crippen molar-refractivity contribution in [2.24, 2.45) is 0 Å². The molecule has 0 N–H and O–H groups in total. The normalized spacial score (nSPS) is 10.5. The van der Waals surface area contributed by atoms with E-state index in [4.69, 9.17) is 4.74 Å². The Kier molecular flexibility index (Phi) is 3.86. The van der Waals surface area contributed by atoms with Gasteiger partial charge in [-0.3, -0.25) is 9.69 Å². The summed E-state index contributed by atoms with van der Waals surface area (Å²) in [6, 6.07) is 5.77. The average molecular weight is 207 g/mol. The summed E-state index contributed by atoms with van der Waals surface area (Å²) in [6.45, 7) is 4.26. The number of hydrogen-bond acceptors (Lipinski definition) is 3. The van der Waals surface area contributed by atoms with Gasteiger partial charge in [0.05, 0.1) is 6.54 Å². The molecule has 1 aromatic rings. The first-order valence-corrected chi connectivity index (χ1v) is 4.91. The second-order valence-electron chi connectivity index (χ2n) is 4.04. The molecule has 0 fully saturated rings. The lowest BCUT2D eigenvalue weighted by atomic mass is 10.1. The summed E-state index contributed by atoms with van der Waals surface area (Å²) >= 11 is 0. The number of nitrogens with zero attached hydrogens (tertiary/aromatic N) is 1. The largest absolute Gasteiger partial charge is 0.426 e. The molecule has 0 aliphatic heterocycles. The van der Waals surface area contributed by atoms with Crippen molar-refractivity contribution >= 4 is 5.97 Å². The highest BCUT2D eigenvalue weighted by Crippen LogP contribution is 2.16. The summed E-state index contributed by atoms with van der Waals surface area (Å²) in [6.07, 6.45) is 0. The molecule has 0 aliphatic rings. The molecule has 0 spiro atoms. The van der Waals surface area contributed by atoms with E-state index in [2.05, 4.69) is 0 Å². The molecule has 82 valence electrons. The Balaban J connectivity index is 2.68. The number of carbonyl (C=O) groups is 1. The van der Waals surface area contributed by atoms with Gasteiger partial charge in [0.25, 0.3) is 0 Å². The Morgan fingerprint density at radius 1 is 1.20 bits per heavy atom. The van der Waals surface area contributed by atoms with E-state index in [-0.39, 0.29) is 5.97 Å². The van der Waals surface area contributed by atoms with Crippen molar-refractivity contribution in [3.8, 4) is 5.75 Å². The molecular weight excluding hydrogens is 190 g/mol. The SMILES string of the molecule is Cc1cc(C)cc(OC(=O)CN(C)C)c1. The highest BCUT2D eigenvalue weighted by Gasteiger charge is 2.06. The second kappa shape index (κ2) is 4.94. The van der Waals surface area contributed by atoms with Gasteiger partial charge in [-0.05, 0) is 51.2 Å². The van der Waals surface area contributed by atoms with Gasteiger partial charge in [0.15, 0.2) is 0 Å². The van der Waals surface area contributed by atoms with Crippen LogP contribution in [0.2, 0.25) is 0 Å². The molecule has 0 aliphatic carbocycles. The smallest absolute Gasteiger partial charge is 0.325 e. The molecule has 0 bridgehead atoms. The molecule has 0 heterocycles. The second-order valence-corrected chi connectivity index (χ2v) is 4.04. The van der Waals surface area contributed by atoms with Gasteiger partial charge in [0.2, 0.25) is 0 Å². The number of likely N-dealkylation sites (N-methyl/N-ethyl adjacent to an activating group) is 1. The summed E-state index contributed by atoms with van der Waals surface area (Å²) in [4.78, 5) is 13.2. The molecule has 1 rings (SSSR count). The predicted octanol–water partition coefficient (Wildman–Crippen LogP) is 1.77. The van der Waals surface area contributed by atoms with Crippen LogP contribution >= 0.6 is 0 Å². The Morgan fingerprint density at radius 3 is 2.20 bits per heavy atom. The van der Waals surface area contributed by atoms with Crippen LogP contribution in [0.25, 0.3) is 0 Å². The lowest BCUT2D eigenvalue weighted by Crippen LogP contribution is -2.25. The summed E-state index contributed by atoms with van der Waals surface area (Å²) in [7, 11) is 3.67. The van der Waals surface area contributed by atoms with Crippen molar-refractivity contribution in [2.75, 3.05) is 20.6 Å². The zero-order chi connectivity index (χ0) is 11.4. The van der Waals surface area contributed by atoms with Crippen LogP contribution in [0, 0.1) is 13.8 Å². The molecule has 0 saturated heterocycles. The van der Waals surface area contributed by atoms with E-state index in [1.54, 1.807) is 4.90 Å². The zero-order valence-electron chi connectivity index (χ0n) is 9.70. The van der Waals surface area contributed by atoms with E-state index in [0.717, 1.165) is 11.1 Å². The number of benzene rings is 1. The zero-order valence-corrected chi connectivity index (χ0v) is 9.70. The summed E-state index contributed by atoms with van der Waals surface area (Å²) in [5.41, 5.74) is 2.20. The van der Waals surface area contributed by atoms with Crippen LogP contribution in [0.1, 0.15) is 11.1 Å². The molecule has 0 amide bonds. The van der Waals surface area contributed by atoms with Crippen molar-refractivity contribution in [3.63, 3.8) is 0 Å². The van der Waals surface area contributed by atoms with Gasteiger partial charge in [-0.15, -0.1) is 0 Å². The molecule has 1 aromatic carbocycles. The Labute approximate surface area is 90.7 Å². The van der Waals surface area contributed by atoms with Gasteiger partial charge in [-0.25, -0.2) is 0 Å². The quantitative estimate of drug-likeness (QED) is 0.559. The van der Waals surface area contributed by atoms with Crippen LogP contribution in [0.3, 0.4) is 0 Å². The van der Waals surface area contributed by atoms with Gasteiger partial charge < -0.3 is 4.74 Å². The number of esters is 1. The molecular formula is C12H17NO2. The van der Waals surface area contributed by atoms with Gasteiger partial charge in [-0.2, -0.15) is 0 Å². The number of ether oxygens (including phenoxy) is 1. The standard InChI is InChI=1S/C12H17NO2/c1-9-5-10(2)7-11(6-9)15-12(14)8-13(3)4/h5-7H,8H2,1-4H3. The molecule has 0 atom stereocenters. The van der Waals surface area contributed by atoms with Crippen molar-refractivity contribution in [2.45, 2.75) is 13.8 Å². The van der Waals surface area contributed by atoms with E-state index in [0.29, 0.717) is 12.3 Å². The van der Waals surface area contributed by atoms with Crippen LogP contribution in [-0.2, 0) is 4.79 Å². The summed E-state index contributed by atoms with van der Waals surface area (Å²) in [5, 5.41) is 0. The van der Waals surface area contributed by atoms with Crippen LogP contribution < -0.4 is 4.74 Å². The lowest BCUT2D eigenvalue weighted by Gasteiger charge is -2.10. The molecule has 0 saturated carbocycles. The van der Waals surface area contributed by atoms with Crippen molar-refractivity contribution in [3.05, 3.63) is 29.3 Å². The Bertz CT molecular complexity index is 338. The van der Waals surface area contributed by atoms with Gasteiger partial charge in [0, 0.05) is 0 Å². The number of hydrogen-bond donors (Lipinski definition) is 0. The van der Waals surface area contributed by atoms with E-state index in [1.807, 2.05) is 46.1 Å². The first-order chi connectivity index (χ1) is 6.97. The first-order valence-electron chi connectivity index (χ1n) is 4.91. The third-order valence-corrected chi connectivity index (χ3v) is 1.87. The molecule has 3 nitrogen and oxygen atoms in total. The predicted molar refractivity (Wildman–Crippen MR) is 60.1 cm³/mol. The Hall–Kier alpha value is -1.35. The maximum absolute atomic E-state index is 11.4. The van der Waals surface area contributed by atoms with E-state index in [9.17, 15) is 4.79 Å². The van der Waals surface area contributed by atoms with Gasteiger partial charge in [-0.1, -0.05) is 6.07 Å². The van der Waals surface area contributed by atoms with Crippen LogP contribution in [0.5, 0.6) is 5.75 Å². The van der Waals surface area contributed by atoms with E-state index < -0.39 is 0 Å². The van der Waals surface area contributed by atoms with E-state index in [1.165, 1.54) is 0 Å². The summed E-state index contributed by atoms with van der Waals surface area (Å²) < 4.78 is 5.21. The maximum atomic E-state index is 11.4.